The van der Waals surface area contributed by atoms with Crippen LogP contribution in [0.3, 0.4) is 0 Å². The van der Waals surface area contributed by atoms with E-state index in [9.17, 15) is 10.1 Å². The van der Waals surface area contributed by atoms with E-state index in [1.54, 1.807) is 6.07 Å². The fourth-order valence-corrected chi connectivity index (χ4v) is 1.39. The molecule has 0 bridgehead atoms. The monoisotopic (exact) mass is 254 g/mol. The van der Waals surface area contributed by atoms with Crippen molar-refractivity contribution in [2.24, 2.45) is 0 Å². The van der Waals surface area contributed by atoms with E-state index in [1.165, 1.54) is 12.3 Å². The minimum Gasteiger partial charge on any atom is -0.361 e. The number of nitrogens with one attached hydrogen (secondary N) is 1. The van der Waals surface area contributed by atoms with Crippen molar-refractivity contribution in [1.29, 1.82) is 0 Å². The number of aromatic nitrogens is 2. The molecule has 2 aromatic heterocycles. The highest BCUT2D eigenvalue weighted by Gasteiger charge is 2.10. The maximum atomic E-state index is 10.5. The number of hydrogen-bond donors (Lipinski definition) is 1. The van der Waals surface area contributed by atoms with Crippen LogP contribution in [0.25, 0.3) is 0 Å². The molecular weight excluding hydrogens is 248 g/mol. The second kappa shape index (κ2) is 4.79. The van der Waals surface area contributed by atoms with Crippen LogP contribution in [0.5, 0.6) is 0 Å². The van der Waals surface area contributed by atoms with Crippen molar-refractivity contribution in [1.82, 2.24) is 10.1 Å². The number of nitrogens with zero attached hydrogens (tertiary/aromatic N) is 3. The first-order chi connectivity index (χ1) is 8.16. The summed E-state index contributed by atoms with van der Waals surface area (Å²) in [5, 5.41) is 17.1. The molecule has 0 aliphatic rings. The van der Waals surface area contributed by atoms with Gasteiger partial charge in [0.25, 0.3) is 5.69 Å². The molecule has 0 aliphatic carbocycles. The molecule has 1 N–H and O–H groups in total. The Morgan fingerprint density at radius 1 is 1.59 bits per heavy atom. The van der Waals surface area contributed by atoms with Crippen LogP contribution in [-0.2, 0) is 6.54 Å². The lowest BCUT2D eigenvalue weighted by Gasteiger charge is -2.04. The van der Waals surface area contributed by atoms with Gasteiger partial charge in [-0.1, -0.05) is 16.8 Å². The number of pyridine rings is 1. The van der Waals surface area contributed by atoms with Gasteiger partial charge in [0.2, 0.25) is 0 Å². The SMILES string of the molecule is O=[N+]([O-])c1cnc(NCc2ccno2)c(Cl)c1. The van der Waals surface area contributed by atoms with Gasteiger partial charge in [-0.25, -0.2) is 4.98 Å². The highest BCUT2D eigenvalue weighted by atomic mass is 35.5. The van der Waals surface area contributed by atoms with Gasteiger partial charge >= 0.3 is 0 Å². The minimum absolute atomic E-state index is 0.153. The largest absolute Gasteiger partial charge is 0.361 e. The third-order valence-corrected chi connectivity index (χ3v) is 2.25. The van der Waals surface area contributed by atoms with Gasteiger partial charge in [-0.05, 0) is 0 Å². The van der Waals surface area contributed by atoms with Crippen LogP contribution >= 0.6 is 11.6 Å². The van der Waals surface area contributed by atoms with E-state index in [0.717, 1.165) is 6.20 Å². The maximum absolute atomic E-state index is 10.5. The second-order valence-corrected chi connectivity index (χ2v) is 3.52. The smallest absolute Gasteiger partial charge is 0.289 e. The Morgan fingerprint density at radius 3 is 3.00 bits per heavy atom. The van der Waals surface area contributed by atoms with E-state index in [0.29, 0.717) is 18.1 Å². The highest BCUT2D eigenvalue weighted by Crippen LogP contribution is 2.24. The van der Waals surface area contributed by atoms with Gasteiger partial charge in [0, 0.05) is 12.1 Å². The van der Waals surface area contributed by atoms with Crippen LogP contribution in [0.2, 0.25) is 5.02 Å². The van der Waals surface area contributed by atoms with E-state index < -0.39 is 4.92 Å². The number of nitro groups is 1. The third kappa shape index (κ3) is 2.70. The summed E-state index contributed by atoms with van der Waals surface area (Å²) in [6.45, 7) is 0.352. The summed E-state index contributed by atoms with van der Waals surface area (Å²) in [6.07, 6.45) is 2.65. The summed E-state index contributed by atoms with van der Waals surface area (Å²) in [5.74, 6) is 0.967. The molecular formula is C9H7ClN4O3. The Kier molecular flexibility index (Phi) is 3.20. The van der Waals surface area contributed by atoms with Crippen molar-refractivity contribution in [2.45, 2.75) is 6.54 Å². The van der Waals surface area contributed by atoms with E-state index in [-0.39, 0.29) is 10.7 Å². The molecule has 2 aromatic rings. The average Bonchev–Trinajstić information content (AvgIpc) is 2.80. The van der Waals surface area contributed by atoms with Gasteiger partial charge in [0.05, 0.1) is 22.7 Å². The Morgan fingerprint density at radius 2 is 2.41 bits per heavy atom. The molecule has 7 nitrogen and oxygen atoms in total. The predicted molar refractivity (Wildman–Crippen MR) is 59.7 cm³/mol. The van der Waals surface area contributed by atoms with Crippen LogP contribution in [0.4, 0.5) is 11.5 Å². The van der Waals surface area contributed by atoms with Gasteiger partial charge in [-0.3, -0.25) is 10.1 Å². The fourth-order valence-electron chi connectivity index (χ4n) is 1.16. The summed E-state index contributed by atoms with van der Waals surface area (Å²) in [6, 6.07) is 2.92. The van der Waals surface area contributed by atoms with E-state index in [1.807, 2.05) is 0 Å². The standard InChI is InChI=1S/C9H7ClN4O3/c10-8-3-6(14(15)16)4-11-9(8)12-5-7-1-2-13-17-7/h1-4H,5H2,(H,11,12). The van der Waals surface area contributed by atoms with E-state index in [4.69, 9.17) is 16.1 Å². The summed E-state index contributed by atoms with van der Waals surface area (Å²) in [7, 11) is 0. The molecule has 88 valence electrons. The van der Waals surface area contributed by atoms with Gasteiger partial charge in [-0.2, -0.15) is 0 Å². The summed E-state index contributed by atoms with van der Waals surface area (Å²) in [4.78, 5) is 13.8. The topological polar surface area (TPSA) is 94.1 Å². The first-order valence-corrected chi connectivity index (χ1v) is 4.98. The first kappa shape index (κ1) is 11.3. The van der Waals surface area contributed by atoms with Gasteiger partial charge in [0.15, 0.2) is 5.76 Å². The molecule has 17 heavy (non-hydrogen) atoms. The number of anilines is 1. The van der Waals surface area contributed by atoms with Crippen molar-refractivity contribution in [2.75, 3.05) is 5.32 Å². The van der Waals surface area contributed by atoms with Crippen molar-refractivity contribution < 1.29 is 9.45 Å². The zero-order valence-corrected chi connectivity index (χ0v) is 9.22. The van der Waals surface area contributed by atoms with Crippen LogP contribution < -0.4 is 5.32 Å². The van der Waals surface area contributed by atoms with E-state index >= 15 is 0 Å². The Labute approximate surface area is 101 Å². The zero-order valence-electron chi connectivity index (χ0n) is 8.46. The molecule has 0 aliphatic heterocycles. The molecule has 0 aromatic carbocycles. The molecule has 8 heteroatoms. The lowest BCUT2D eigenvalue weighted by Crippen LogP contribution is -2.01. The van der Waals surface area contributed by atoms with Crippen molar-refractivity contribution >= 4 is 23.1 Å². The van der Waals surface area contributed by atoms with Crippen LogP contribution in [0.1, 0.15) is 5.76 Å². The van der Waals surface area contributed by atoms with Crippen molar-refractivity contribution in [3.05, 3.63) is 45.4 Å². The normalized spacial score (nSPS) is 10.2. The minimum atomic E-state index is -0.556. The number of halogens is 1. The molecule has 0 unspecified atom stereocenters. The van der Waals surface area contributed by atoms with Crippen molar-refractivity contribution in [3.8, 4) is 0 Å². The molecule has 2 heterocycles. The molecule has 0 saturated carbocycles. The van der Waals surface area contributed by atoms with Crippen molar-refractivity contribution in [3.63, 3.8) is 0 Å². The predicted octanol–water partition coefficient (Wildman–Crippen LogP) is 2.24. The highest BCUT2D eigenvalue weighted by molar-refractivity contribution is 6.33. The Hall–Kier alpha value is -2.15. The molecule has 0 spiro atoms. The molecule has 0 saturated heterocycles. The molecule has 2 rings (SSSR count). The Balaban J connectivity index is 2.09. The van der Waals surface area contributed by atoms with Crippen LogP contribution in [-0.4, -0.2) is 15.1 Å². The van der Waals surface area contributed by atoms with Gasteiger partial charge < -0.3 is 9.84 Å². The molecule has 0 radical (unpaired) electrons. The van der Waals surface area contributed by atoms with Crippen LogP contribution in [0, 0.1) is 10.1 Å². The summed E-state index contributed by atoms with van der Waals surface area (Å²) in [5.41, 5.74) is -0.153. The van der Waals surface area contributed by atoms with E-state index in [2.05, 4.69) is 15.5 Å². The maximum Gasteiger partial charge on any atom is 0.289 e. The lowest BCUT2D eigenvalue weighted by molar-refractivity contribution is -0.385. The van der Waals surface area contributed by atoms with Crippen LogP contribution in [0.15, 0.2) is 29.0 Å². The lowest BCUT2D eigenvalue weighted by atomic mass is 10.4. The summed E-state index contributed by atoms with van der Waals surface area (Å²) < 4.78 is 4.87. The number of hydrogen-bond acceptors (Lipinski definition) is 6. The second-order valence-electron chi connectivity index (χ2n) is 3.11. The quantitative estimate of drug-likeness (QED) is 0.664. The first-order valence-electron chi connectivity index (χ1n) is 4.60. The Bertz CT molecular complexity index is 529. The molecule has 0 amide bonds. The average molecular weight is 255 g/mol. The summed E-state index contributed by atoms with van der Waals surface area (Å²) >= 11 is 5.84. The van der Waals surface area contributed by atoms with Gasteiger partial charge in [0.1, 0.15) is 12.0 Å². The zero-order chi connectivity index (χ0) is 12.3. The van der Waals surface area contributed by atoms with Gasteiger partial charge in [-0.15, -0.1) is 0 Å². The molecule has 0 fully saturated rings. The third-order valence-electron chi connectivity index (χ3n) is 1.96. The molecule has 0 atom stereocenters. The fraction of sp³-hybridized carbons (Fsp3) is 0.111. The number of rotatable bonds is 4.